The Balaban J connectivity index is 3.16. The van der Waals surface area contributed by atoms with E-state index in [-0.39, 0.29) is 5.56 Å². The molecule has 1 rings (SSSR count). The van der Waals surface area contributed by atoms with Crippen molar-refractivity contribution in [3.63, 3.8) is 0 Å². The van der Waals surface area contributed by atoms with E-state index in [0.29, 0.717) is 0 Å². The van der Waals surface area contributed by atoms with E-state index in [2.05, 4.69) is 9.47 Å². The van der Waals surface area contributed by atoms with E-state index in [4.69, 9.17) is 0 Å². The number of aromatic nitrogens is 1. The van der Waals surface area contributed by atoms with Crippen LogP contribution in [-0.4, -0.2) is 24.4 Å². The van der Waals surface area contributed by atoms with Crippen LogP contribution >= 0.6 is 0 Å². The fraction of sp³-hybridized carbons (Fsp3) is 0.400. The molecule has 0 fully saturated rings. The fourth-order valence-electron chi connectivity index (χ4n) is 1.29. The first kappa shape index (κ1) is 15.0. The van der Waals surface area contributed by atoms with Gasteiger partial charge in [0.2, 0.25) is 5.88 Å². The maximum absolute atomic E-state index is 12.6. The Morgan fingerprint density at radius 2 is 2.05 bits per heavy atom. The Labute approximate surface area is 104 Å². The molecule has 9 heteroatoms. The minimum atomic E-state index is -5.06. The highest BCUT2D eigenvalue weighted by Crippen LogP contribution is 2.23. The number of carbonyl (C=O) groups is 1. The number of halogens is 4. The standard InChI is InChI=1S/C10H9F4NO4/c1-18-7(16)2-5-4-15-9(19-10(12,13)14)6(3-11)8(5)17/h4H,2-3H2,1H3,(H,15,17). The van der Waals surface area contributed by atoms with Crippen molar-refractivity contribution in [2.24, 2.45) is 0 Å². The van der Waals surface area contributed by atoms with E-state index in [0.717, 1.165) is 13.3 Å². The number of aromatic amines is 1. The van der Waals surface area contributed by atoms with Gasteiger partial charge in [-0.05, 0) is 0 Å². The molecule has 1 aromatic rings. The van der Waals surface area contributed by atoms with Gasteiger partial charge in [-0.15, -0.1) is 13.2 Å². The van der Waals surface area contributed by atoms with Gasteiger partial charge in [-0.3, -0.25) is 9.59 Å². The summed E-state index contributed by atoms with van der Waals surface area (Å²) in [6.07, 6.45) is -4.69. The smallest absolute Gasteiger partial charge is 0.469 e. The zero-order valence-corrected chi connectivity index (χ0v) is 9.64. The normalized spacial score (nSPS) is 11.2. The SMILES string of the molecule is COC(=O)Cc1c[nH]c(OC(F)(F)F)c(CF)c1=O. The van der Waals surface area contributed by atoms with Crippen LogP contribution in [0, 0.1) is 0 Å². The van der Waals surface area contributed by atoms with Crippen LogP contribution in [0.25, 0.3) is 0 Å². The molecule has 5 nitrogen and oxygen atoms in total. The Kier molecular flexibility index (Phi) is 4.52. The number of hydrogen-bond acceptors (Lipinski definition) is 4. The second-order valence-corrected chi connectivity index (χ2v) is 3.39. The summed E-state index contributed by atoms with van der Waals surface area (Å²) in [6.45, 7) is -1.46. The molecule has 0 saturated heterocycles. The van der Waals surface area contributed by atoms with Gasteiger partial charge in [0.15, 0.2) is 5.43 Å². The minimum Gasteiger partial charge on any atom is -0.469 e. The van der Waals surface area contributed by atoms with E-state index in [1.807, 2.05) is 4.98 Å². The molecule has 1 N–H and O–H groups in total. The van der Waals surface area contributed by atoms with Crippen molar-refractivity contribution in [1.29, 1.82) is 0 Å². The molecule has 0 bridgehead atoms. The van der Waals surface area contributed by atoms with Crippen LogP contribution < -0.4 is 10.2 Å². The van der Waals surface area contributed by atoms with Gasteiger partial charge in [0.25, 0.3) is 0 Å². The molecule has 0 saturated carbocycles. The van der Waals surface area contributed by atoms with E-state index < -0.39 is 42.3 Å². The predicted octanol–water partition coefficient (Wildman–Crippen LogP) is 1.46. The summed E-state index contributed by atoms with van der Waals surface area (Å²) in [5.41, 5.74) is -2.08. The minimum absolute atomic E-state index is 0.214. The van der Waals surface area contributed by atoms with E-state index >= 15 is 0 Å². The summed E-state index contributed by atoms with van der Waals surface area (Å²) in [4.78, 5) is 24.6. The third-order valence-corrected chi connectivity index (χ3v) is 2.13. The Bertz CT molecular complexity index is 523. The lowest BCUT2D eigenvalue weighted by Crippen LogP contribution is -2.24. The summed E-state index contributed by atoms with van der Waals surface area (Å²) in [5.74, 6) is -1.81. The molecule has 19 heavy (non-hydrogen) atoms. The van der Waals surface area contributed by atoms with Crippen LogP contribution in [-0.2, 0) is 22.6 Å². The zero-order chi connectivity index (χ0) is 14.6. The van der Waals surface area contributed by atoms with Crippen molar-refractivity contribution in [2.75, 3.05) is 7.11 Å². The molecule has 0 radical (unpaired) electrons. The molecule has 1 aromatic heterocycles. The van der Waals surface area contributed by atoms with Gasteiger partial charge in [-0.2, -0.15) is 0 Å². The number of methoxy groups -OCH3 is 1. The Morgan fingerprint density at radius 3 is 2.53 bits per heavy atom. The number of nitrogens with one attached hydrogen (secondary N) is 1. The summed E-state index contributed by atoms with van der Waals surface area (Å²) >= 11 is 0. The van der Waals surface area contributed by atoms with Crippen LogP contribution in [0.4, 0.5) is 17.6 Å². The van der Waals surface area contributed by atoms with E-state index in [1.54, 1.807) is 0 Å². The number of hydrogen-bond donors (Lipinski definition) is 1. The van der Waals surface area contributed by atoms with Crippen LogP contribution in [0.1, 0.15) is 11.1 Å². The maximum atomic E-state index is 12.6. The summed E-state index contributed by atoms with van der Waals surface area (Å²) < 4.78 is 56.5. The first-order chi connectivity index (χ1) is 8.78. The molecule has 1 heterocycles. The van der Waals surface area contributed by atoms with E-state index in [9.17, 15) is 27.2 Å². The van der Waals surface area contributed by atoms with Crippen LogP contribution in [0.2, 0.25) is 0 Å². The number of esters is 1. The third-order valence-electron chi connectivity index (χ3n) is 2.13. The molecule has 0 unspecified atom stereocenters. The number of H-pyrrole nitrogens is 1. The Hall–Kier alpha value is -2.06. The highest BCUT2D eigenvalue weighted by Gasteiger charge is 2.33. The fourth-order valence-corrected chi connectivity index (χ4v) is 1.29. The second-order valence-electron chi connectivity index (χ2n) is 3.39. The molecule has 0 aliphatic heterocycles. The first-order valence-corrected chi connectivity index (χ1v) is 4.90. The largest absolute Gasteiger partial charge is 0.574 e. The van der Waals surface area contributed by atoms with Gasteiger partial charge in [0, 0.05) is 11.8 Å². The molecule has 0 aromatic carbocycles. The van der Waals surface area contributed by atoms with Gasteiger partial charge in [-0.25, -0.2) is 4.39 Å². The van der Waals surface area contributed by atoms with Crippen LogP contribution in [0.3, 0.4) is 0 Å². The van der Waals surface area contributed by atoms with Crippen molar-refractivity contribution < 1.29 is 31.8 Å². The van der Waals surface area contributed by atoms with Crippen molar-refractivity contribution in [3.05, 3.63) is 27.5 Å². The number of ether oxygens (including phenoxy) is 2. The molecule has 106 valence electrons. The van der Waals surface area contributed by atoms with Crippen molar-refractivity contribution >= 4 is 5.97 Å². The summed E-state index contributed by atoms with van der Waals surface area (Å²) in [7, 11) is 1.08. The molecule has 0 aliphatic rings. The van der Waals surface area contributed by atoms with Crippen molar-refractivity contribution in [3.8, 4) is 5.88 Å². The average Bonchev–Trinajstić information content (AvgIpc) is 2.31. The predicted molar refractivity (Wildman–Crippen MR) is 54.3 cm³/mol. The number of rotatable bonds is 4. The highest BCUT2D eigenvalue weighted by atomic mass is 19.4. The van der Waals surface area contributed by atoms with Crippen molar-refractivity contribution in [2.45, 2.75) is 19.5 Å². The lowest BCUT2D eigenvalue weighted by atomic mass is 10.1. The highest BCUT2D eigenvalue weighted by molar-refractivity contribution is 5.72. The topological polar surface area (TPSA) is 68.4 Å². The maximum Gasteiger partial charge on any atom is 0.574 e. The summed E-state index contributed by atoms with van der Waals surface area (Å²) in [6, 6.07) is 0. The molecule has 0 aliphatic carbocycles. The third kappa shape index (κ3) is 3.97. The quantitative estimate of drug-likeness (QED) is 0.671. The Morgan fingerprint density at radius 1 is 1.42 bits per heavy atom. The van der Waals surface area contributed by atoms with Crippen molar-refractivity contribution in [1.82, 2.24) is 4.98 Å². The number of alkyl halides is 4. The molecular formula is C10H9F4NO4. The molecule has 0 atom stereocenters. The average molecular weight is 283 g/mol. The first-order valence-electron chi connectivity index (χ1n) is 4.90. The van der Waals surface area contributed by atoms with Gasteiger partial charge in [0.1, 0.15) is 6.67 Å². The zero-order valence-electron chi connectivity index (χ0n) is 9.64. The van der Waals surface area contributed by atoms with Gasteiger partial charge < -0.3 is 14.5 Å². The lowest BCUT2D eigenvalue weighted by molar-refractivity contribution is -0.276. The van der Waals surface area contributed by atoms with Crippen LogP contribution in [0.5, 0.6) is 5.88 Å². The number of carbonyl (C=O) groups excluding carboxylic acids is 1. The van der Waals surface area contributed by atoms with E-state index in [1.165, 1.54) is 0 Å². The van der Waals surface area contributed by atoms with Gasteiger partial charge in [-0.1, -0.05) is 0 Å². The lowest BCUT2D eigenvalue weighted by Gasteiger charge is -2.12. The van der Waals surface area contributed by atoms with Gasteiger partial charge in [0.05, 0.1) is 19.1 Å². The molecular weight excluding hydrogens is 274 g/mol. The summed E-state index contributed by atoms with van der Waals surface area (Å²) in [5, 5.41) is 0. The van der Waals surface area contributed by atoms with Crippen LogP contribution in [0.15, 0.2) is 11.0 Å². The molecule has 0 amide bonds. The van der Waals surface area contributed by atoms with Gasteiger partial charge >= 0.3 is 12.3 Å². The second kappa shape index (κ2) is 5.72. The monoisotopic (exact) mass is 283 g/mol. The molecule has 0 spiro atoms. The number of pyridine rings is 1.